The summed E-state index contributed by atoms with van der Waals surface area (Å²) in [5.41, 5.74) is 3.20. The molecule has 23 heavy (non-hydrogen) atoms. The minimum absolute atomic E-state index is 0.296. The van der Waals surface area contributed by atoms with E-state index >= 15 is 0 Å². The molecule has 0 saturated carbocycles. The van der Waals surface area contributed by atoms with Crippen LogP contribution in [0.3, 0.4) is 0 Å². The molecule has 0 amide bonds. The zero-order valence-corrected chi connectivity index (χ0v) is 14.2. The third-order valence-corrected chi connectivity index (χ3v) is 3.86. The third kappa shape index (κ3) is 5.34. The number of hydrogen-bond acceptors (Lipinski definition) is 4. The number of hydrogen-bond donors (Lipinski definition) is 1. The number of aliphatic hydroxyl groups is 1. The van der Waals surface area contributed by atoms with E-state index in [1.54, 1.807) is 6.20 Å². The first-order valence-corrected chi connectivity index (χ1v) is 8.09. The van der Waals surface area contributed by atoms with Crippen molar-refractivity contribution in [2.75, 3.05) is 19.7 Å². The van der Waals surface area contributed by atoms with Crippen molar-refractivity contribution in [1.29, 1.82) is 0 Å². The van der Waals surface area contributed by atoms with Crippen molar-refractivity contribution in [2.45, 2.75) is 33.4 Å². The van der Waals surface area contributed by atoms with Crippen LogP contribution in [0.4, 0.5) is 0 Å². The summed E-state index contributed by atoms with van der Waals surface area (Å²) in [6, 6.07) is 12.0. The van der Waals surface area contributed by atoms with E-state index in [1.807, 2.05) is 50.2 Å². The Morgan fingerprint density at radius 2 is 1.87 bits per heavy atom. The molecule has 4 heteroatoms. The van der Waals surface area contributed by atoms with Gasteiger partial charge in [-0.05, 0) is 43.7 Å². The van der Waals surface area contributed by atoms with Crippen LogP contribution in [0.15, 0.2) is 42.6 Å². The number of benzene rings is 1. The molecule has 2 rings (SSSR count). The van der Waals surface area contributed by atoms with Crippen molar-refractivity contribution in [3.63, 3.8) is 0 Å². The predicted octanol–water partition coefficient (Wildman–Crippen LogP) is 2.96. The summed E-state index contributed by atoms with van der Waals surface area (Å²) in [4.78, 5) is 6.50. The third-order valence-electron chi connectivity index (χ3n) is 3.86. The fraction of sp³-hybridized carbons (Fsp3) is 0.421. The van der Waals surface area contributed by atoms with Gasteiger partial charge in [0.05, 0.1) is 5.69 Å². The molecule has 1 atom stereocenters. The highest BCUT2D eigenvalue weighted by atomic mass is 16.5. The highest BCUT2D eigenvalue weighted by Crippen LogP contribution is 2.22. The molecular weight excluding hydrogens is 288 g/mol. The van der Waals surface area contributed by atoms with Crippen LogP contribution in [-0.2, 0) is 6.54 Å². The van der Waals surface area contributed by atoms with Crippen molar-refractivity contribution in [2.24, 2.45) is 0 Å². The first-order valence-electron chi connectivity index (χ1n) is 8.09. The Bertz CT molecular complexity index is 581. The van der Waals surface area contributed by atoms with Crippen molar-refractivity contribution >= 4 is 0 Å². The zero-order chi connectivity index (χ0) is 16.7. The average Bonchev–Trinajstić information content (AvgIpc) is 2.54. The Morgan fingerprint density at radius 1 is 1.13 bits per heavy atom. The highest BCUT2D eigenvalue weighted by Gasteiger charge is 2.13. The fourth-order valence-electron chi connectivity index (χ4n) is 2.58. The van der Waals surface area contributed by atoms with Crippen molar-refractivity contribution in [1.82, 2.24) is 9.88 Å². The van der Waals surface area contributed by atoms with Crippen molar-refractivity contribution in [3.05, 3.63) is 59.4 Å². The lowest BCUT2D eigenvalue weighted by Gasteiger charge is -2.23. The molecule has 0 bridgehead atoms. The number of pyridine rings is 1. The van der Waals surface area contributed by atoms with E-state index in [4.69, 9.17) is 4.74 Å². The maximum Gasteiger partial charge on any atom is 0.125 e. The maximum atomic E-state index is 10.3. The van der Waals surface area contributed by atoms with E-state index in [9.17, 15) is 5.11 Å². The molecule has 0 radical (unpaired) electrons. The van der Waals surface area contributed by atoms with Crippen LogP contribution in [0.5, 0.6) is 5.75 Å². The molecular formula is C19H26N2O2. The number of likely N-dealkylation sites (N-methyl/N-ethyl adjacent to an activating group) is 1. The molecule has 0 saturated heterocycles. The van der Waals surface area contributed by atoms with E-state index in [-0.39, 0.29) is 0 Å². The van der Waals surface area contributed by atoms with Crippen molar-refractivity contribution in [3.8, 4) is 5.75 Å². The minimum atomic E-state index is -0.530. The fourth-order valence-corrected chi connectivity index (χ4v) is 2.58. The van der Waals surface area contributed by atoms with Crippen LogP contribution in [0.2, 0.25) is 0 Å². The molecule has 1 heterocycles. The summed E-state index contributed by atoms with van der Waals surface area (Å²) >= 11 is 0. The smallest absolute Gasteiger partial charge is 0.125 e. The van der Waals surface area contributed by atoms with Crippen LogP contribution < -0.4 is 4.74 Å². The summed E-state index contributed by atoms with van der Waals surface area (Å²) in [6.07, 6.45) is 1.27. The number of aryl methyl sites for hydroxylation is 2. The Labute approximate surface area is 138 Å². The van der Waals surface area contributed by atoms with E-state index < -0.39 is 6.10 Å². The highest BCUT2D eigenvalue weighted by molar-refractivity contribution is 5.39. The van der Waals surface area contributed by atoms with Crippen molar-refractivity contribution < 1.29 is 9.84 Å². The standard InChI is InChI=1S/C19H26N2O2/c1-4-21(12-17-10-5-6-11-20-17)13-18(22)14-23-19-15(2)8-7-9-16(19)3/h5-11,18,22H,4,12-14H2,1-3H3. The van der Waals surface area contributed by atoms with Crippen LogP contribution in [0, 0.1) is 13.8 Å². The quantitative estimate of drug-likeness (QED) is 0.814. The van der Waals surface area contributed by atoms with Gasteiger partial charge in [0.15, 0.2) is 0 Å². The van der Waals surface area contributed by atoms with Gasteiger partial charge in [-0.1, -0.05) is 31.2 Å². The largest absolute Gasteiger partial charge is 0.490 e. The first kappa shape index (κ1) is 17.4. The summed E-state index contributed by atoms with van der Waals surface area (Å²) in [5.74, 6) is 0.874. The first-order chi connectivity index (χ1) is 11.1. The summed E-state index contributed by atoms with van der Waals surface area (Å²) < 4.78 is 5.83. The number of aromatic nitrogens is 1. The van der Waals surface area contributed by atoms with Gasteiger partial charge in [0.2, 0.25) is 0 Å². The van der Waals surface area contributed by atoms with Gasteiger partial charge >= 0.3 is 0 Å². The molecule has 1 unspecified atom stereocenters. The molecule has 2 aromatic rings. The second-order valence-electron chi connectivity index (χ2n) is 5.83. The Kier molecular flexibility index (Phi) is 6.56. The number of ether oxygens (including phenoxy) is 1. The SMILES string of the molecule is CCN(Cc1ccccn1)CC(O)COc1c(C)cccc1C. The Balaban J connectivity index is 1.86. The van der Waals surface area contributed by atoms with Gasteiger partial charge < -0.3 is 9.84 Å². The summed E-state index contributed by atoms with van der Waals surface area (Å²) in [5, 5.41) is 10.3. The molecule has 0 aliphatic rings. The molecule has 0 aliphatic carbocycles. The van der Waals surface area contributed by atoms with Gasteiger partial charge in [-0.2, -0.15) is 0 Å². The zero-order valence-electron chi connectivity index (χ0n) is 14.2. The monoisotopic (exact) mass is 314 g/mol. The van der Waals surface area contributed by atoms with Gasteiger partial charge in [-0.3, -0.25) is 9.88 Å². The molecule has 1 aromatic carbocycles. The Hall–Kier alpha value is -1.91. The van der Waals surface area contributed by atoms with E-state index in [0.29, 0.717) is 13.2 Å². The summed E-state index contributed by atoms with van der Waals surface area (Å²) in [7, 11) is 0. The van der Waals surface area contributed by atoms with Gasteiger partial charge in [0.1, 0.15) is 18.5 Å². The maximum absolute atomic E-state index is 10.3. The molecule has 0 aliphatic heterocycles. The van der Waals surface area contributed by atoms with E-state index in [0.717, 1.165) is 35.7 Å². The van der Waals surface area contributed by atoms with Gasteiger partial charge in [0, 0.05) is 19.3 Å². The van der Waals surface area contributed by atoms with Gasteiger partial charge in [0.25, 0.3) is 0 Å². The van der Waals surface area contributed by atoms with Crippen LogP contribution in [0.25, 0.3) is 0 Å². The van der Waals surface area contributed by atoms with Crippen LogP contribution >= 0.6 is 0 Å². The lowest BCUT2D eigenvalue weighted by atomic mass is 10.1. The van der Waals surface area contributed by atoms with Gasteiger partial charge in [-0.25, -0.2) is 0 Å². The lowest BCUT2D eigenvalue weighted by Crippen LogP contribution is -2.35. The average molecular weight is 314 g/mol. The molecule has 0 fully saturated rings. The summed E-state index contributed by atoms with van der Waals surface area (Å²) in [6.45, 7) is 8.58. The normalized spacial score (nSPS) is 12.4. The predicted molar refractivity (Wildman–Crippen MR) is 92.6 cm³/mol. The second kappa shape index (κ2) is 8.65. The van der Waals surface area contributed by atoms with Gasteiger partial charge in [-0.15, -0.1) is 0 Å². The lowest BCUT2D eigenvalue weighted by molar-refractivity contribution is 0.0666. The topological polar surface area (TPSA) is 45.6 Å². The number of nitrogens with zero attached hydrogens (tertiary/aromatic N) is 2. The van der Waals surface area contributed by atoms with E-state index in [2.05, 4.69) is 16.8 Å². The second-order valence-corrected chi connectivity index (χ2v) is 5.83. The van der Waals surface area contributed by atoms with Crippen LogP contribution in [-0.4, -0.2) is 40.8 Å². The molecule has 0 spiro atoms. The molecule has 4 nitrogen and oxygen atoms in total. The number of aliphatic hydroxyl groups excluding tert-OH is 1. The van der Waals surface area contributed by atoms with E-state index in [1.165, 1.54) is 0 Å². The molecule has 1 N–H and O–H groups in total. The number of para-hydroxylation sites is 1. The molecule has 124 valence electrons. The minimum Gasteiger partial charge on any atom is -0.490 e. The van der Waals surface area contributed by atoms with Crippen LogP contribution in [0.1, 0.15) is 23.7 Å². The Morgan fingerprint density at radius 3 is 2.48 bits per heavy atom. The molecule has 1 aromatic heterocycles. The number of rotatable bonds is 8.